The highest BCUT2D eigenvalue weighted by Gasteiger charge is 2.21. The number of aryl methyl sites for hydroxylation is 1. The van der Waals surface area contributed by atoms with Crippen molar-refractivity contribution < 1.29 is 9.21 Å². The van der Waals surface area contributed by atoms with Gasteiger partial charge in [0, 0.05) is 32.0 Å². The first-order chi connectivity index (χ1) is 11.1. The molecule has 1 N–H and O–H groups in total. The minimum Gasteiger partial charge on any atom is -0.468 e. The predicted molar refractivity (Wildman–Crippen MR) is 89.2 cm³/mol. The molecule has 0 radical (unpaired) electrons. The molecular formula is C18H25N3O2. The topological polar surface area (TPSA) is 50.4 Å². The zero-order valence-electron chi connectivity index (χ0n) is 13.9. The summed E-state index contributed by atoms with van der Waals surface area (Å²) in [6, 6.07) is 5.83. The van der Waals surface area contributed by atoms with E-state index in [1.807, 2.05) is 42.9 Å². The number of carbonyl (C=O) groups is 1. The molecule has 1 aliphatic heterocycles. The third kappa shape index (κ3) is 3.85. The fourth-order valence-corrected chi connectivity index (χ4v) is 3.27. The Kier molecular flexibility index (Phi) is 4.86. The van der Waals surface area contributed by atoms with Crippen LogP contribution in [0.15, 0.2) is 35.1 Å². The van der Waals surface area contributed by atoms with Gasteiger partial charge in [0.15, 0.2) is 0 Å². The predicted octanol–water partition coefficient (Wildman–Crippen LogP) is 2.57. The normalized spacial score (nSPS) is 19.0. The number of furan rings is 1. The number of nitrogens with zero attached hydrogens (tertiary/aromatic N) is 2. The molecule has 0 saturated carbocycles. The van der Waals surface area contributed by atoms with Gasteiger partial charge in [0.05, 0.1) is 18.4 Å². The summed E-state index contributed by atoms with van der Waals surface area (Å²) in [5.41, 5.74) is 1.78. The average Bonchev–Trinajstić information content (AvgIpc) is 3.17. The number of likely N-dealkylation sites (tertiary alicyclic amines) is 1. The Morgan fingerprint density at radius 2 is 2.30 bits per heavy atom. The zero-order chi connectivity index (χ0) is 16.2. The van der Waals surface area contributed by atoms with Crippen molar-refractivity contribution in [2.45, 2.75) is 26.3 Å². The molecule has 0 spiro atoms. The Bertz CT molecular complexity index is 645. The number of piperidine rings is 1. The third-order valence-electron chi connectivity index (χ3n) is 4.74. The molecule has 1 aliphatic rings. The van der Waals surface area contributed by atoms with Crippen molar-refractivity contribution >= 4 is 5.91 Å². The molecule has 0 aliphatic carbocycles. The standard InChI is InChI=1S/C18H25N3O2/c1-14-17(7-9-20(14)2)18(22)19-11-15-5-3-8-21(12-15)13-16-6-4-10-23-16/h4,6-7,9-10,15H,3,5,8,11-13H2,1-2H3,(H,19,22)/t15-/m1/s1. The second kappa shape index (κ2) is 7.04. The molecule has 0 aromatic carbocycles. The molecule has 5 nitrogen and oxygen atoms in total. The van der Waals surface area contributed by atoms with Crippen molar-refractivity contribution in [3.63, 3.8) is 0 Å². The number of hydrogen-bond acceptors (Lipinski definition) is 3. The van der Waals surface area contributed by atoms with E-state index < -0.39 is 0 Å². The van der Waals surface area contributed by atoms with Crippen LogP contribution >= 0.6 is 0 Å². The van der Waals surface area contributed by atoms with E-state index >= 15 is 0 Å². The van der Waals surface area contributed by atoms with Crippen LogP contribution in [0.1, 0.15) is 34.7 Å². The lowest BCUT2D eigenvalue weighted by Crippen LogP contribution is -2.40. The van der Waals surface area contributed by atoms with Crippen LogP contribution in [0.2, 0.25) is 0 Å². The third-order valence-corrected chi connectivity index (χ3v) is 4.74. The first-order valence-electron chi connectivity index (χ1n) is 8.28. The van der Waals surface area contributed by atoms with E-state index in [0.29, 0.717) is 5.92 Å². The van der Waals surface area contributed by atoms with Gasteiger partial charge < -0.3 is 14.3 Å². The Morgan fingerprint density at radius 3 is 3.00 bits per heavy atom. The van der Waals surface area contributed by atoms with Gasteiger partial charge in [-0.15, -0.1) is 0 Å². The van der Waals surface area contributed by atoms with E-state index in [1.165, 1.54) is 12.8 Å². The molecule has 1 fully saturated rings. The molecule has 2 aromatic heterocycles. The minimum atomic E-state index is 0.0336. The molecule has 0 unspecified atom stereocenters. The van der Waals surface area contributed by atoms with E-state index in [9.17, 15) is 4.79 Å². The van der Waals surface area contributed by atoms with Gasteiger partial charge in [-0.05, 0) is 50.4 Å². The van der Waals surface area contributed by atoms with Gasteiger partial charge in [-0.1, -0.05) is 0 Å². The van der Waals surface area contributed by atoms with Gasteiger partial charge in [0.25, 0.3) is 5.91 Å². The highest BCUT2D eigenvalue weighted by atomic mass is 16.3. The summed E-state index contributed by atoms with van der Waals surface area (Å²) < 4.78 is 7.40. The van der Waals surface area contributed by atoms with Gasteiger partial charge in [-0.2, -0.15) is 0 Å². The lowest BCUT2D eigenvalue weighted by molar-refractivity contribution is 0.0927. The molecule has 1 amide bonds. The second-order valence-corrected chi connectivity index (χ2v) is 6.46. The maximum Gasteiger partial charge on any atom is 0.253 e. The lowest BCUT2D eigenvalue weighted by atomic mass is 9.97. The summed E-state index contributed by atoms with van der Waals surface area (Å²) in [4.78, 5) is 14.7. The van der Waals surface area contributed by atoms with Crippen LogP contribution in [0.5, 0.6) is 0 Å². The van der Waals surface area contributed by atoms with Gasteiger partial charge >= 0.3 is 0 Å². The Labute approximate surface area is 137 Å². The van der Waals surface area contributed by atoms with Crippen LogP contribution in [-0.4, -0.2) is 35.0 Å². The highest BCUT2D eigenvalue weighted by Crippen LogP contribution is 2.18. The Balaban J connectivity index is 1.50. The summed E-state index contributed by atoms with van der Waals surface area (Å²) in [6.45, 7) is 5.68. The first kappa shape index (κ1) is 15.9. The number of carbonyl (C=O) groups excluding carboxylic acids is 1. The van der Waals surface area contributed by atoms with Crippen molar-refractivity contribution in [2.24, 2.45) is 13.0 Å². The molecule has 0 bridgehead atoms. The van der Waals surface area contributed by atoms with Crippen molar-refractivity contribution in [2.75, 3.05) is 19.6 Å². The Hall–Kier alpha value is -2.01. The maximum atomic E-state index is 12.3. The van der Waals surface area contributed by atoms with Crippen molar-refractivity contribution in [3.05, 3.63) is 47.7 Å². The molecule has 3 rings (SSSR count). The van der Waals surface area contributed by atoms with Crippen LogP contribution in [-0.2, 0) is 13.6 Å². The van der Waals surface area contributed by atoms with Gasteiger partial charge in [0.1, 0.15) is 5.76 Å². The zero-order valence-corrected chi connectivity index (χ0v) is 13.9. The summed E-state index contributed by atoms with van der Waals surface area (Å²) >= 11 is 0. The Morgan fingerprint density at radius 1 is 1.43 bits per heavy atom. The molecule has 1 saturated heterocycles. The first-order valence-corrected chi connectivity index (χ1v) is 8.28. The smallest absolute Gasteiger partial charge is 0.253 e. The SMILES string of the molecule is Cc1c(C(=O)NC[C@H]2CCCN(Cc3ccco3)C2)ccn1C. The largest absolute Gasteiger partial charge is 0.468 e. The number of amides is 1. The number of hydrogen-bond donors (Lipinski definition) is 1. The lowest BCUT2D eigenvalue weighted by Gasteiger charge is -2.32. The molecule has 1 atom stereocenters. The van der Waals surface area contributed by atoms with Gasteiger partial charge in [0.2, 0.25) is 0 Å². The van der Waals surface area contributed by atoms with E-state index in [4.69, 9.17) is 4.42 Å². The number of aromatic nitrogens is 1. The molecule has 3 heterocycles. The maximum absolute atomic E-state index is 12.3. The minimum absolute atomic E-state index is 0.0336. The molecule has 2 aromatic rings. The van der Waals surface area contributed by atoms with E-state index in [-0.39, 0.29) is 5.91 Å². The van der Waals surface area contributed by atoms with Crippen molar-refractivity contribution in [1.82, 2.24) is 14.8 Å². The summed E-state index contributed by atoms with van der Waals surface area (Å²) in [5.74, 6) is 1.55. The molecule has 23 heavy (non-hydrogen) atoms. The second-order valence-electron chi connectivity index (χ2n) is 6.46. The molecular weight excluding hydrogens is 290 g/mol. The summed E-state index contributed by atoms with van der Waals surface area (Å²) in [6.07, 6.45) is 5.99. The number of rotatable bonds is 5. The average molecular weight is 315 g/mol. The molecule has 5 heteroatoms. The van der Waals surface area contributed by atoms with E-state index in [0.717, 1.165) is 43.2 Å². The quantitative estimate of drug-likeness (QED) is 0.922. The highest BCUT2D eigenvalue weighted by molar-refractivity contribution is 5.95. The molecule has 124 valence electrons. The van der Waals surface area contributed by atoms with Crippen LogP contribution in [0.25, 0.3) is 0 Å². The van der Waals surface area contributed by atoms with Gasteiger partial charge in [-0.3, -0.25) is 9.69 Å². The van der Waals surface area contributed by atoms with E-state index in [1.54, 1.807) is 6.26 Å². The van der Waals surface area contributed by atoms with Crippen LogP contribution in [0.4, 0.5) is 0 Å². The van der Waals surface area contributed by atoms with Crippen LogP contribution in [0, 0.1) is 12.8 Å². The number of nitrogens with one attached hydrogen (secondary N) is 1. The fraction of sp³-hybridized carbons (Fsp3) is 0.500. The monoisotopic (exact) mass is 315 g/mol. The fourth-order valence-electron chi connectivity index (χ4n) is 3.27. The van der Waals surface area contributed by atoms with E-state index in [2.05, 4.69) is 10.2 Å². The van der Waals surface area contributed by atoms with Crippen LogP contribution < -0.4 is 5.32 Å². The summed E-state index contributed by atoms with van der Waals surface area (Å²) in [7, 11) is 1.96. The van der Waals surface area contributed by atoms with Crippen molar-refractivity contribution in [1.29, 1.82) is 0 Å². The van der Waals surface area contributed by atoms with Crippen molar-refractivity contribution in [3.8, 4) is 0 Å². The van der Waals surface area contributed by atoms with Crippen LogP contribution in [0.3, 0.4) is 0 Å². The van der Waals surface area contributed by atoms with Gasteiger partial charge in [-0.25, -0.2) is 0 Å². The summed E-state index contributed by atoms with van der Waals surface area (Å²) in [5, 5.41) is 3.10.